The van der Waals surface area contributed by atoms with Gasteiger partial charge in [-0.15, -0.1) is 0 Å². The van der Waals surface area contributed by atoms with E-state index in [1.54, 1.807) is 0 Å². The van der Waals surface area contributed by atoms with Crippen LogP contribution in [0.3, 0.4) is 0 Å². The lowest BCUT2D eigenvalue weighted by atomic mass is 9.51. The first-order valence-corrected chi connectivity index (χ1v) is 9.67. The van der Waals surface area contributed by atoms with Gasteiger partial charge in [0, 0.05) is 18.8 Å². The van der Waals surface area contributed by atoms with Crippen LogP contribution in [-0.2, 0) is 9.53 Å². The Morgan fingerprint density at radius 3 is 2.84 bits per heavy atom. The van der Waals surface area contributed by atoms with Crippen molar-refractivity contribution in [2.24, 2.45) is 22.7 Å². The van der Waals surface area contributed by atoms with E-state index in [0.29, 0.717) is 18.3 Å². The van der Waals surface area contributed by atoms with Gasteiger partial charge in [-0.05, 0) is 49.4 Å². The van der Waals surface area contributed by atoms with Gasteiger partial charge in [-0.3, -0.25) is 4.79 Å². The smallest absolute Gasteiger partial charge is 0.303 e. The maximum atomic E-state index is 14.8. The average Bonchev–Trinajstić information content (AvgIpc) is 2.79. The van der Waals surface area contributed by atoms with Crippen molar-refractivity contribution in [2.45, 2.75) is 77.7 Å². The molecule has 1 N–H and O–H groups in total. The molecule has 0 aliphatic heterocycles. The van der Waals surface area contributed by atoms with Crippen molar-refractivity contribution in [3.8, 4) is 0 Å². The van der Waals surface area contributed by atoms with Gasteiger partial charge in [0.1, 0.15) is 12.3 Å². The Balaban J connectivity index is 1.74. The molecule has 4 aliphatic rings. The second kappa shape index (κ2) is 5.67. The summed E-state index contributed by atoms with van der Waals surface area (Å²) in [6, 6.07) is 0. The molecule has 0 amide bonds. The standard InChI is InChI=1S/C21H29FO3/c1-12(23)25-19-18(22)11-17-15-5-4-13-10-14(24)6-8-20(13,2)16(15)7-9-21(17,19)3/h6,8,13-14,16,18-19,24H,4-5,7,9-11H2,1-3H3/t13?,14-,16-,18+,19-,20-,21-/m0/s1. The Hall–Kier alpha value is -1.16. The molecule has 0 aromatic carbocycles. The maximum absolute atomic E-state index is 14.8. The number of ether oxygens (including phenoxy) is 1. The molecule has 0 spiro atoms. The highest BCUT2D eigenvalue weighted by Crippen LogP contribution is 2.63. The fraction of sp³-hybridized carbons (Fsp3) is 0.762. The molecule has 0 bridgehead atoms. The summed E-state index contributed by atoms with van der Waals surface area (Å²) >= 11 is 0. The van der Waals surface area contributed by atoms with Crippen molar-refractivity contribution in [3.05, 3.63) is 23.3 Å². The van der Waals surface area contributed by atoms with Gasteiger partial charge in [0.05, 0.1) is 6.10 Å². The number of allylic oxidation sites excluding steroid dienone is 2. The molecule has 0 aromatic heterocycles. The van der Waals surface area contributed by atoms with Crippen molar-refractivity contribution in [1.82, 2.24) is 0 Å². The molecule has 4 heteroatoms. The number of alkyl halides is 1. The number of esters is 1. The fourth-order valence-electron chi connectivity index (χ4n) is 6.36. The predicted molar refractivity (Wildman–Crippen MR) is 93.5 cm³/mol. The minimum atomic E-state index is -1.09. The number of fused-ring (bicyclic) bond motifs is 4. The molecule has 1 unspecified atom stereocenters. The predicted octanol–water partition coefficient (Wildman–Crippen LogP) is 4.11. The molecular weight excluding hydrogens is 319 g/mol. The van der Waals surface area contributed by atoms with Crippen molar-refractivity contribution in [3.63, 3.8) is 0 Å². The first kappa shape index (κ1) is 17.3. The van der Waals surface area contributed by atoms with Crippen LogP contribution >= 0.6 is 0 Å². The highest BCUT2D eigenvalue weighted by atomic mass is 19.1. The summed E-state index contributed by atoms with van der Waals surface area (Å²) in [5, 5.41) is 10.0. The Kier molecular flexibility index (Phi) is 3.91. The van der Waals surface area contributed by atoms with Crippen molar-refractivity contribution in [1.29, 1.82) is 0 Å². The van der Waals surface area contributed by atoms with E-state index in [4.69, 9.17) is 4.74 Å². The van der Waals surface area contributed by atoms with Crippen LogP contribution in [0, 0.1) is 22.7 Å². The van der Waals surface area contributed by atoms with Crippen LogP contribution < -0.4 is 0 Å². The highest BCUT2D eigenvalue weighted by Gasteiger charge is 2.58. The lowest BCUT2D eigenvalue weighted by Gasteiger charge is -2.54. The number of carbonyl (C=O) groups excluding carboxylic acids is 1. The quantitative estimate of drug-likeness (QED) is 0.573. The molecule has 0 aromatic rings. The summed E-state index contributed by atoms with van der Waals surface area (Å²) < 4.78 is 20.2. The van der Waals surface area contributed by atoms with E-state index in [0.717, 1.165) is 32.1 Å². The minimum Gasteiger partial charge on any atom is -0.459 e. The van der Waals surface area contributed by atoms with Gasteiger partial charge in [0.15, 0.2) is 0 Å². The summed E-state index contributed by atoms with van der Waals surface area (Å²) in [6.07, 6.45) is 7.30. The van der Waals surface area contributed by atoms with Gasteiger partial charge in [-0.2, -0.15) is 0 Å². The molecule has 4 aliphatic carbocycles. The first-order valence-electron chi connectivity index (χ1n) is 9.67. The van der Waals surface area contributed by atoms with Gasteiger partial charge in [-0.25, -0.2) is 4.39 Å². The number of carbonyl (C=O) groups is 1. The van der Waals surface area contributed by atoms with E-state index in [9.17, 15) is 14.3 Å². The lowest BCUT2D eigenvalue weighted by molar-refractivity contribution is -0.154. The summed E-state index contributed by atoms with van der Waals surface area (Å²) in [5.74, 6) is 0.543. The molecule has 2 saturated carbocycles. The number of aliphatic hydroxyl groups excluding tert-OH is 1. The molecule has 3 nitrogen and oxygen atoms in total. The Morgan fingerprint density at radius 2 is 2.12 bits per heavy atom. The third-order valence-corrected chi connectivity index (χ3v) is 7.69. The van der Waals surface area contributed by atoms with E-state index in [2.05, 4.69) is 19.9 Å². The van der Waals surface area contributed by atoms with E-state index >= 15 is 0 Å². The summed E-state index contributed by atoms with van der Waals surface area (Å²) in [5.41, 5.74) is 2.36. The summed E-state index contributed by atoms with van der Waals surface area (Å²) in [6.45, 7) is 5.78. The van der Waals surface area contributed by atoms with Crippen LogP contribution in [0.15, 0.2) is 23.3 Å². The van der Waals surface area contributed by atoms with Gasteiger partial charge in [0.2, 0.25) is 0 Å². The second-order valence-corrected chi connectivity index (χ2v) is 9.03. The number of halogens is 1. The van der Waals surface area contributed by atoms with Gasteiger partial charge >= 0.3 is 5.97 Å². The number of rotatable bonds is 1. The zero-order chi connectivity index (χ0) is 18.0. The molecular formula is C21H29FO3. The molecule has 138 valence electrons. The molecule has 0 saturated heterocycles. The molecule has 25 heavy (non-hydrogen) atoms. The van der Waals surface area contributed by atoms with Crippen LogP contribution in [0.5, 0.6) is 0 Å². The van der Waals surface area contributed by atoms with Crippen molar-refractivity contribution < 1.29 is 19.0 Å². The Labute approximate surface area is 149 Å². The molecule has 4 rings (SSSR count). The molecule has 0 heterocycles. The monoisotopic (exact) mass is 348 g/mol. The third kappa shape index (κ3) is 2.43. The molecule has 0 radical (unpaired) electrons. The van der Waals surface area contributed by atoms with Gasteiger partial charge in [-0.1, -0.05) is 37.1 Å². The van der Waals surface area contributed by atoms with Crippen LogP contribution in [0.4, 0.5) is 4.39 Å². The van der Waals surface area contributed by atoms with E-state index in [-0.39, 0.29) is 22.9 Å². The van der Waals surface area contributed by atoms with Gasteiger partial charge < -0.3 is 9.84 Å². The van der Waals surface area contributed by atoms with E-state index < -0.39 is 12.3 Å². The van der Waals surface area contributed by atoms with Gasteiger partial charge in [0.25, 0.3) is 0 Å². The van der Waals surface area contributed by atoms with Crippen LogP contribution in [0.2, 0.25) is 0 Å². The zero-order valence-electron chi connectivity index (χ0n) is 15.4. The zero-order valence-corrected chi connectivity index (χ0v) is 15.4. The Morgan fingerprint density at radius 1 is 1.36 bits per heavy atom. The second-order valence-electron chi connectivity index (χ2n) is 9.03. The van der Waals surface area contributed by atoms with Crippen LogP contribution in [0.25, 0.3) is 0 Å². The first-order chi connectivity index (χ1) is 11.8. The number of aliphatic hydroxyl groups is 1. The maximum Gasteiger partial charge on any atom is 0.303 e. The largest absolute Gasteiger partial charge is 0.459 e. The number of hydrogen-bond donors (Lipinski definition) is 1. The van der Waals surface area contributed by atoms with E-state index in [1.807, 2.05) is 6.08 Å². The molecule has 2 fully saturated rings. The third-order valence-electron chi connectivity index (χ3n) is 7.69. The van der Waals surface area contributed by atoms with Crippen LogP contribution in [0.1, 0.15) is 59.3 Å². The highest BCUT2D eigenvalue weighted by molar-refractivity contribution is 5.66. The normalized spacial score (nSPS) is 48.6. The van der Waals surface area contributed by atoms with Crippen LogP contribution in [-0.4, -0.2) is 29.5 Å². The fourth-order valence-corrected chi connectivity index (χ4v) is 6.36. The minimum absolute atomic E-state index is 0.0620. The van der Waals surface area contributed by atoms with Crippen molar-refractivity contribution in [2.75, 3.05) is 0 Å². The topological polar surface area (TPSA) is 46.5 Å². The van der Waals surface area contributed by atoms with Crippen molar-refractivity contribution >= 4 is 5.97 Å². The SMILES string of the molecule is CC(=O)O[C@H]1[C@H](F)CC2=C3CCC4C[C@@H](O)C=C[C@]4(C)[C@H]3CC[C@@]21C. The average molecular weight is 348 g/mol. The van der Waals surface area contributed by atoms with E-state index in [1.165, 1.54) is 18.1 Å². The lowest BCUT2D eigenvalue weighted by Crippen LogP contribution is -2.47. The Bertz CT molecular complexity index is 654. The summed E-state index contributed by atoms with van der Waals surface area (Å²) in [4.78, 5) is 11.5. The summed E-state index contributed by atoms with van der Waals surface area (Å²) in [7, 11) is 0. The number of hydrogen-bond acceptors (Lipinski definition) is 3. The molecule has 7 atom stereocenters.